The number of carbonyl (C=O) groups is 4. The van der Waals surface area contributed by atoms with E-state index in [-0.39, 0.29) is 49.9 Å². The second-order valence-electron chi connectivity index (χ2n) is 12.7. The van der Waals surface area contributed by atoms with Crippen molar-refractivity contribution in [2.24, 2.45) is 11.8 Å². The largest absolute Gasteiger partial charge is 0.463 e. The Morgan fingerprint density at radius 1 is 0.894 bits per heavy atom. The van der Waals surface area contributed by atoms with E-state index in [0.717, 1.165) is 24.0 Å². The molecule has 0 radical (unpaired) electrons. The fraction of sp³-hybridized carbons (Fsp3) is 0.459. The summed E-state index contributed by atoms with van der Waals surface area (Å²) < 4.78 is 12.2. The van der Waals surface area contributed by atoms with Gasteiger partial charge in [0.25, 0.3) is 0 Å². The Balaban J connectivity index is 1.37. The summed E-state index contributed by atoms with van der Waals surface area (Å²) in [6.45, 7) is 0.981. The molecule has 0 aromatic heterocycles. The highest BCUT2D eigenvalue weighted by atomic mass is 16.5. The Labute approximate surface area is 275 Å². The van der Waals surface area contributed by atoms with Gasteiger partial charge in [-0.25, -0.2) is 0 Å². The molecule has 0 unspecified atom stereocenters. The van der Waals surface area contributed by atoms with Crippen LogP contribution in [0, 0.1) is 11.8 Å². The average Bonchev–Trinajstić information content (AvgIpc) is 3.73. The molecule has 3 amide bonds. The van der Waals surface area contributed by atoms with Gasteiger partial charge < -0.3 is 29.7 Å². The number of hydrogen-bond acceptors (Lipinski definition) is 7. The van der Waals surface area contributed by atoms with Crippen LogP contribution in [0.5, 0.6) is 0 Å². The smallest absolute Gasteiger partial charge is 0.306 e. The van der Waals surface area contributed by atoms with Crippen molar-refractivity contribution in [3.8, 4) is 0 Å². The van der Waals surface area contributed by atoms with Crippen molar-refractivity contribution in [1.29, 1.82) is 0 Å². The van der Waals surface area contributed by atoms with E-state index in [9.17, 15) is 24.3 Å². The topological polar surface area (TPSA) is 125 Å². The molecular weight excluding hydrogens is 598 g/mol. The van der Waals surface area contributed by atoms with E-state index in [1.54, 1.807) is 9.80 Å². The van der Waals surface area contributed by atoms with Crippen molar-refractivity contribution < 1.29 is 33.8 Å². The predicted molar refractivity (Wildman–Crippen MR) is 173 cm³/mol. The number of hydrogen-bond donors (Lipinski definition) is 2. The van der Waals surface area contributed by atoms with Crippen LogP contribution in [-0.4, -0.2) is 82.6 Å². The number of aliphatic hydroxyl groups excluding tert-OH is 1. The highest BCUT2D eigenvalue weighted by molar-refractivity contribution is 6.00. The predicted octanol–water partition coefficient (Wildman–Crippen LogP) is 3.47. The van der Waals surface area contributed by atoms with Gasteiger partial charge >= 0.3 is 5.97 Å². The third-order valence-electron chi connectivity index (χ3n) is 9.68. The summed E-state index contributed by atoms with van der Waals surface area (Å²) in [4.78, 5) is 59.4. The molecule has 10 heteroatoms. The minimum Gasteiger partial charge on any atom is -0.463 e. The van der Waals surface area contributed by atoms with Crippen LogP contribution in [0.3, 0.4) is 0 Å². The lowest BCUT2D eigenvalue weighted by Gasteiger charge is -2.36. The molecule has 6 rings (SSSR count). The number of nitrogens with zero attached hydrogens (tertiary/aromatic N) is 2. The first-order chi connectivity index (χ1) is 22.9. The Morgan fingerprint density at radius 2 is 1.64 bits per heavy atom. The van der Waals surface area contributed by atoms with Crippen LogP contribution in [0.4, 0.5) is 0 Å². The molecule has 5 bridgehead atoms. The standard InChI is InChI=1S/C37H43N3O7/c41-23-13-2-1-12-22-40-33-36(45)39(24-26-14-6-3-7-15-26)21-11-5-10-18-30(42)46-25-28(27-16-8-4-9-17-27)38-34(43)31-29-19-20-37(33,47-29)32(31)35(40)44/h3-9,11,14-17,19-20,28-29,31-33,41H,1-2,10,12-13,18,21-25H2,(H,38,43)/b11-5-/t28-,29-,31+,32+,33-,37+/m0/s1. The zero-order valence-electron chi connectivity index (χ0n) is 26.5. The van der Waals surface area contributed by atoms with Gasteiger partial charge in [-0.1, -0.05) is 97.8 Å². The molecule has 2 saturated heterocycles. The molecule has 0 aliphatic carbocycles. The fourth-order valence-electron chi connectivity index (χ4n) is 7.39. The van der Waals surface area contributed by atoms with Crippen LogP contribution in [0.15, 0.2) is 85.0 Å². The van der Waals surface area contributed by atoms with Crippen LogP contribution in [-0.2, 0) is 35.2 Å². The highest BCUT2D eigenvalue weighted by Gasteiger charge is 2.73. The second-order valence-corrected chi connectivity index (χ2v) is 12.7. The van der Waals surface area contributed by atoms with E-state index >= 15 is 0 Å². The monoisotopic (exact) mass is 641 g/mol. The molecular formula is C37H43N3O7. The van der Waals surface area contributed by atoms with E-state index in [0.29, 0.717) is 32.4 Å². The van der Waals surface area contributed by atoms with Gasteiger partial charge in [0.05, 0.1) is 24.0 Å². The van der Waals surface area contributed by atoms with Crippen LogP contribution in [0.25, 0.3) is 0 Å². The van der Waals surface area contributed by atoms with Gasteiger partial charge in [-0.15, -0.1) is 0 Å². The lowest BCUT2D eigenvalue weighted by atomic mass is 9.74. The molecule has 2 aromatic rings. The summed E-state index contributed by atoms with van der Waals surface area (Å²) in [6.07, 6.45) is 10.2. The maximum absolute atomic E-state index is 14.8. The Hall–Kier alpha value is -4.28. The van der Waals surface area contributed by atoms with Gasteiger partial charge in [-0.05, 0) is 30.4 Å². The minimum absolute atomic E-state index is 0.0535. The van der Waals surface area contributed by atoms with Gasteiger partial charge in [0.2, 0.25) is 17.7 Å². The number of aliphatic hydroxyl groups is 1. The minimum atomic E-state index is -1.28. The first-order valence-corrected chi connectivity index (χ1v) is 16.7. The molecule has 0 saturated carbocycles. The number of benzene rings is 2. The molecule has 2 N–H and O–H groups in total. The van der Waals surface area contributed by atoms with Crippen molar-refractivity contribution in [3.63, 3.8) is 0 Å². The summed E-state index contributed by atoms with van der Waals surface area (Å²) in [5.41, 5.74) is 0.425. The van der Waals surface area contributed by atoms with Crippen molar-refractivity contribution in [1.82, 2.24) is 15.1 Å². The summed E-state index contributed by atoms with van der Waals surface area (Å²) in [5.74, 6) is -3.03. The van der Waals surface area contributed by atoms with Crippen LogP contribution < -0.4 is 5.32 Å². The number of amides is 3. The maximum Gasteiger partial charge on any atom is 0.306 e. The first kappa shape index (κ1) is 32.7. The molecule has 4 heterocycles. The molecule has 1 spiro atoms. The third-order valence-corrected chi connectivity index (χ3v) is 9.68. The van der Waals surface area contributed by atoms with Gasteiger partial charge in [0, 0.05) is 32.7 Å². The molecule has 2 fully saturated rings. The number of allylic oxidation sites excluding steroid dienone is 1. The lowest BCUT2D eigenvalue weighted by Crippen LogP contribution is -2.55. The Bertz CT molecular complexity index is 1500. The van der Waals surface area contributed by atoms with E-state index in [1.165, 1.54) is 0 Å². The number of carbonyl (C=O) groups excluding carboxylic acids is 4. The zero-order chi connectivity index (χ0) is 32.8. The van der Waals surface area contributed by atoms with Crippen molar-refractivity contribution in [2.45, 2.75) is 68.9 Å². The number of rotatable bonds is 9. The molecule has 6 atom stereocenters. The molecule has 10 nitrogen and oxygen atoms in total. The van der Waals surface area contributed by atoms with Gasteiger partial charge in [-0.3, -0.25) is 19.2 Å². The number of fused-ring (bicyclic) bond motifs is 2. The van der Waals surface area contributed by atoms with E-state index in [1.807, 2.05) is 85.0 Å². The van der Waals surface area contributed by atoms with Crippen molar-refractivity contribution >= 4 is 23.7 Å². The number of likely N-dealkylation sites (tertiary alicyclic amines) is 1. The van der Waals surface area contributed by atoms with Gasteiger partial charge in [0.1, 0.15) is 18.2 Å². The van der Waals surface area contributed by atoms with E-state index in [2.05, 4.69) is 5.32 Å². The highest BCUT2D eigenvalue weighted by Crippen LogP contribution is 2.55. The van der Waals surface area contributed by atoms with Crippen LogP contribution in [0.1, 0.15) is 55.7 Å². The van der Waals surface area contributed by atoms with Gasteiger partial charge in [-0.2, -0.15) is 0 Å². The Kier molecular flexibility index (Phi) is 10.2. The lowest BCUT2D eigenvalue weighted by molar-refractivity contribution is -0.148. The first-order valence-electron chi connectivity index (χ1n) is 16.7. The normalized spacial score (nSPS) is 29.9. The van der Waals surface area contributed by atoms with Crippen LogP contribution >= 0.6 is 0 Å². The van der Waals surface area contributed by atoms with E-state index < -0.39 is 35.6 Å². The molecule has 248 valence electrons. The van der Waals surface area contributed by atoms with E-state index in [4.69, 9.17) is 9.47 Å². The maximum atomic E-state index is 14.8. The molecule has 47 heavy (non-hydrogen) atoms. The third kappa shape index (κ3) is 6.75. The summed E-state index contributed by atoms with van der Waals surface area (Å²) in [5, 5.41) is 12.3. The number of nitrogens with one attached hydrogen (secondary N) is 1. The fourth-order valence-corrected chi connectivity index (χ4v) is 7.39. The number of ether oxygens (including phenoxy) is 2. The zero-order valence-corrected chi connectivity index (χ0v) is 26.5. The number of esters is 1. The summed E-state index contributed by atoms with van der Waals surface area (Å²) in [6, 6.07) is 17.4. The van der Waals surface area contributed by atoms with Crippen molar-refractivity contribution in [2.75, 3.05) is 26.3 Å². The average molecular weight is 642 g/mol. The molecule has 4 aliphatic heterocycles. The quantitative estimate of drug-likeness (QED) is 0.244. The summed E-state index contributed by atoms with van der Waals surface area (Å²) in [7, 11) is 0. The second kappa shape index (κ2) is 14.6. The number of cyclic esters (lactones) is 1. The summed E-state index contributed by atoms with van der Waals surface area (Å²) >= 11 is 0. The molecule has 2 aromatic carbocycles. The molecule has 4 aliphatic rings. The SMILES string of the molecule is O=C1CC/C=C\CN(Cc2ccccc2)C(=O)[C@@H]2N(CCCCCCO)C(=O)[C@H]3[C@H](C(=O)N[C@H](c4ccccc4)CO1)[C@@H]1C=C[C@]23O1. The van der Waals surface area contributed by atoms with Crippen molar-refractivity contribution in [3.05, 3.63) is 96.1 Å². The Morgan fingerprint density at radius 3 is 2.40 bits per heavy atom. The number of unbranched alkanes of at least 4 members (excludes halogenated alkanes) is 3. The van der Waals surface area contributed by atoms with Gasteiger partial charge in [0.15, 0.2) is 0 Å². The van der Waals surface area contributed by atoms with Crippen LogP contribution in [0.2, 0.25) is 0 Å².